The van der Waals surface area contributed by atoms with E-state index in [0.717, 1.165) is 12.8 Å². The Morgan fingerprint density at radius 2 is 1.50 bits per heavy atom. The molecule has 0 rings (SSSR count). The minimum atomic E-state index is -1.02. The van der Waals surface area contributed by atoms with Crippen molar-refractivity contribution >= 4 is 6.09 Å². The lowest BCUT2D eigenvalue weighted by molar-refractivity contribution is -0.122. The van der Waals surface area contributed by atoms with Crippen LogP contribution in [-0.2, 0) is 9.47 Å². The summed E-state index contributed by atoms with van der Waals surface area (Å²) in [5.74, 6) is 0. The number of amides is 1. The molecule has 0 aromatic heterocycles. The summed E-state index contributed by atoms with van der Waals surface area (Å²) in [7, 11) is 0. The van der Waals surface area contributed by atoms with E-state index in [1.807, 2.05) is 13.8 Å². The molecule has 0 heterocycles. The summed E-state index contributed by atoms with van der Waals surface area (Å²) in [4.78, 5) is 12.3. The molecule has 2 atom stereocenters. The molecule has 96 valence electrons. The number of rotatable bonds is 8. The molecule has 1 N–H and O–H groups in total. The zero-order valence-corrected chi connectivity index (χ0v) is 10.6. The minimum Gasteiger partial charge on any atom is -0.465 e. The third-order valence-corrected chi connectivity index (χ3v) is 2.13. The molecule has 2 unspecified atom stereocenters. The fraction of sp³-hybridized carbons (Fsp3) is 0.909. The lowest BCUT2D eigenvalue weighted by Gasteiger charge is -2.31. The van der Waals surface area contributed by atoms with E-state index in [2.05, 4.69) is 0 Å². The molecule has 16 heavy (non-hydrogen) atoms. The number of nitrogens with zero attached hydrogens (tertiary/aromatic N) is 1. The van der Waals surface area contributed by atoms with E-state index in [4.69, 9.17) is 14.6 Å². The molecule has 5 nitrogen and oxygen atoms in total. The molecule has 0 radical (unpaired) electrons. The van der Waals surface area contributed by atoms with E-state index in [1.165, 1.54) is 4.90 Å². The van der Waals surface area contributed by atoms with Crippen molar-refractivity contribution in [3.05, 3.63) is 0 Å². The lowest BCUT2D eigenvalue weighted by Crippen LogP contribution is -2.46. The highest BCUT2D eigenvalue weighted by Gasteiger charge is 2.25. The third-order valence-electron chi connectivity index (χ3n) is 2.13. The minimum absolute atomic E-state index is 0.482. The van der Waals surface area contributed by atoms with Gasteiger partial charge in [-0.1, -0.05) is 13.8 Å². The van der Waals surface area contributed by atoms with Gasteiger partial charge in [-0.15, -0.1) is 0 Å². The standard InChI is InChI=1S/C11H23NO4/c1-5-7-15-9(3)12(11(13)14)10(4)16-8-6-2/h9-10H,5-8H2,1-4H3,(H,13,14). The van der Waals surface area contributed by atoms with Gasteiger partial charge in [-0.3, -0.25) is 4.90 Å². The zero-order valence-electron chi connectivity index (χ0n) is 10.6. The van der Waals surface area contributed by atoms with E-state index < -0.39 is 18.5 Å². The maximum absolute atomic E-state index is 11.1. The Kier molecular flexibility index (Phi) is 7.93. The summed E-state index contributed by atoms with van der Waals surface area (Å²) in [6.45, 7) is 8.49. The first-order valence-electron chi connectivity index (χ1n) is 5.79. The van der Waals surface area contributed by atoms with Crippen LogP contribution >= 0.6 is 0 Å². The fourth-order valence-corrected chi connectivity index (χ4v) is 1.34. The van der Waals surface area contributed by atoms with Crippen LogP contribution in [-0.4, -0.2) is 41.8 Å². The molecule has 0 aliphatic rings. The summed E-state index contributed by atoms with van der Waals surface area (Å²) < 4.78 is 10.8. The molecule has 0 spiro atoms. The van der Waals surface area contributed by atoms with Crippen LogP contribution in [0.25, 0.3) is 0 Å². The van der Waals surface area contributed by atoms with Gasteiger partial charge in [0.25, 0.3) is 0 Å². The lowest BCUT2D eigenvalue weighted by atomic mass is 10.4. The van der Waals surface area contributed by atoms with Gasteiger partial charge in [-0.25, -0.2) is 4.79 Å². The predicted molar refractivity (Wildman–Crippen MR) is 61.3 cm³/mol. The van der Waals surface area contributed by atoms with Gasteiger partial charge in [0.05, 0.1) is 0 Å². The van der Waals surface area contributed by atoms with Crippen molar-refractivity contribution in [1.29, 1.82) is 0 Å². The Morgan fingerprint density at radius 1 is 1.12 bits per heavy atom. The molecular formula is C11H23NO4. The van der Waals surface area contributed by atoms with Gasteiger partial charge in [0.2, 0.25) is 0 Å². The van der Waals surface area contributed by atoms with Crippen LogP contribution in [0.5, 0.6) is 0 Å². The van der Waals surface area contributed by atoms with Crippen LogP contribution in [0.15, 0.2) is 0 Å². The highest BCUT2D eigenvalue weighted by atomic mass is 16.5. The van der Waals surface area contributed by atoms with Gasteiger partial charge < -0.3 is 14.6 Å². The van der Waals surface area contributed by atoms with E-state index in [-0.39, 0.29) is 0 Å². The maximum Gasteiger partial charge on any atom is 0.411 e. The van der Waals surface area contributed by atoms with E-state index in [1.54, 1.807) is 13.8 Å². The number of ether oxygens (including phenoxy) is 2. The van der Waals surface area contributed by atoms with Gasteiger partial charge in [0.1, 0.15) is 12.5 Å². The average Bonchev–Trinajstić information content (AvgIpc) is 2.23. The molecule has 0 aromatic rings. The van der Waals surface area contributed by atoms with Crippen molar-refractivity contribution < 1.29 is 19.4 Å². The first-order valence-corrected chi connectivity index (χ1v) is 5.79. The van der Waals surface area contributed by atoms with Gasteiger partial charge in [-0.05, 0) is 26.7 Å². The van der Waals surface area contributed by atoms with Crippen LogP contribution in [0, 0.1) is 0 Å². The van der Waals surface area contributed by atoms with Gasteiger partial charge in [0, 0.05) is 13.2 Å². The van der Waals surface area contributed by atoms with Crippen LogP contribution in [0.2, 0.25) is 0 Å². The van der Waals surface area contributed by atoms with Gasteiger partial charge >= 0.3 is 6.09 Å². The Morgan fingerprint density at radius 3 is 1.75 bits per heavy atom. The SMILES string of the molecule is CCCOC(C)N(C(=O)O)C(C)OCCC. The average molecular weight is 233 g/mol. The van der Waals surface area contributed by atoms with Gasteiger partial charge in [-0.2, -0.15) is 0 Å². The molecule has 0 aliphatic carbocycles. The zero-order chi connectivity index (χ0) is 12.6. The summed E-state index contributed by atoms with van der Waals surface area (Å²) >= 11 is 0. The molecule has 0 fully saturated rings. The van der Waals surface area contributed by atoms with Crippen molar-refractivity contribution in [2.45, 2.75) is 53.0 Å². The summed E-state index contributed by atoms with van der Waals surface area (Å²) in [5.41, 5.74) is 0. The molecule has 0 saturated heterocycles. The van der Waals surface area contributed by atoms with Crippen molar-refractivity contribution in [2.24, 2.45) is 0 Å². The first kappa shape index (κ1) is 15.2. The largest absolute Gasteiger partial charge is 0.465 e. The van der Waals surface area contributed by atoms with Crippen LogP contribution < -0.4 is 0 Å². The highest BCUT2D eigenvalue weighted by Crippen LogP contribution is 2.09. The van der Waals surface area contributed by atoms with Crippen LogP contribution in [0.3, 0.4) is 0 Å². The Bertz CT molecular complexity index is 184. The van der Waals surface area contributed by atoms with E-state index >= 15 is 0 Å². The van der Waals surface area contributed by atoms with Gasteiger partial charge in [0.15, 0.2) is 0 Å². The Balaban J connectivity index is 4.28. The molecule has 0 bridgehead atoms. The normalized spacial score (nSPS) is 14.5. The Hall–Kier alpha value is -0.810. The number of hydrogen-bond acceptors (Lipinski definition) is 3. The molecule has 1 amide bonds. The van der Waals surface area contributed by atoms with Crippen molar-refractivity contribution in [1.82, 2.24) is 4.90 Å². The number of carbonyl (C=O) groups is 1. The number of carboxylic acid groups (broad SMARTS) is 1. The Labute approximate surface area is 97.3 Å². The summed E-state index contributed by atoms with van der Waals surface area (Å²) in [5, 5.41) is 9.08. The summed E-state index contributed by atoms with van der Waals surface area (Å²) in [6, 6.07) is 0. The quantitative estimate of drug-likeness (QED) is 0.654. The topological polar surface area (TPSA) is 59.0 Å². The summed E-state index contributed by atoms with van der Waals surface area (Å²) in [6.07, 6.45) is -0.259. The molecular weight excluding hydrogens is 210 g/mol. The first-order chi connectivity index (χ1) is 7.54. The second-order valence-corrected chi connectivity index (χ2v) is 3.63. The molecule has 0 saturated carbocycles. The van der Waals surface area contributed by atoms with Crippen molar-refractivity contribution in [3.8, 4) is 0 Å². The van der Waals surface area contributed by atoms with Crippen LogP contribution in [0.1, 0.15) is 40.5 Å². The third kappa shape index (κ3) is 5.32. The maximum atomic E-state index is 11.1. The van der Waals surface area contributed by atoms with Crippen molar-refractivity contribution in [3.63, 3.8) is 0 Å². The van der Waals surface area contributed by atoms with Crippen LogP contribution in [0.4, 0.5) is 4.79 Å². The van der Waals surface area contributed by atoms with Crippen molar-refractivity contribution in [2.75, 3.05) is 13.2 Å². The second kappa shape index (κ2) is 8.35. The molecule has 0 aromatic carbocycles. The van der Waals surface area contributed by atoms with E-state index in [9.17, 15) is 4.79 Å². The predicted octanol–water partition coefficient (Wildman–Crippen LogP) is 2.51. The monoisotopic (exact) mass is 233 g/mol. The molecule has 0 aliphatic heterocycles. The number of hydrogen-bond donors (Lipinski definition) is 1. The second-order valence-electron chi connectivity index (χ2n) is 3.63. The van der Waals surface area contributed by atoms with E-state index in [0.29, 0.717) is 13.2 Å². The fourth-order valence-electron chi connectivity index (χ4n) is 1.34. The smallest absolute Gasteiger partial charge is 0.411 e. The highest BCUT2D eigenvalue weighted by molar-refractivity contribution is 5.65. The molecule has 5 heteroatoms.